The third kappa shape index (κ3) is 4.77. The minimum atomic E-state index is -3.19. The molecule has 3 heterocycles. The molecule has 1 amide bonds. The summed E-state index contributed by atoms with van der Waals surface area (Å²) in [5, 5.41) is 5.68. The molecular weight excluding hydrogens is 374 g/mol. The number of hydrogen-bond acceptors (Lipinski definition) is 7. The standard InChI is InChI=1S/C16H21N5O3S2/c1-12-3-4-17-14(9-12)19-16-18-13(11-25-16)10-15(22)20-5-7-21(8-6-20)26(2,23)24/h3-4,9,11H,5-8,10H2,1-2H3,(H,17,18,19). The van der Waals surface area contributed by atoms with E-state index in [1.54, 1.807) is 11.1 Å². The Morgan fingerprint density at radius 3 is 2.69 bits per heavy atom. The van der Waals surface area contributed by atoms with E-state index in [1.807, 2.05) is 24.4 Å². The molecule has 1 aliphatic rings. The van der Waals surface area contributed by atoms with Crippen molar-refractivity contribution in [1.29, 1.82) is 0 Å². The van der Waals surface area contributed by atoms with E-state index < -0.39 is 10.0 Å². The molecule has 140 valence electrons. The first-order chi connectivity index (χ1) is 12.3. The summed E-state index contributed by atoms with van der Waals surface area (Å²) in [6.07, 6.45) is 3.13. The maximum absolute atomic E-state index is 12.4. The number of piperazine rings is 1. The molecule has 0 aliphatic carbocycles. The molecule has 10 heteroatoms. The fourth-order valence-electron chi connectivity index (χ4n) is 2.70. The van der Waals surface area contributed by atoms with Gasteiger partial charge in [-0.05, 0) is 24.6 Å². The van der Waals surface area contributed by atoms with Crippen LogP contribution in [-0.4, -0.2) is 65.9 Å². The zero-order chi connectivity index (χ0) is 18.7. The van der Waals surface area contributed by atoms with E-state index in [0.29, 0.717) is 42.8 Å². The van der Waals surface area contributed by atoms with Crippen LogP contribution in [0.15, 0.2) is 23.7 Å². The topological polar surface area (TPSA) is 95.5 Å². The maximum Gasteiger partial charge on any atom is 0.228 e. The summed E-state index contributed by atoms with van der Waals surface area (Å²) in [7, 11) is -3.19. The molecule has 3 rings (SSSR count). The molecule has 8 nitrogen and oxygen atoms in total. The van der Waals surface area contributed by atoms with Gasteiger partial charge in [-0.2, -0.15) is 4.31 Å². The Bertz CT molecular complexity index is 889. The van der Waals surface area contributed by atoms with Crippen LogP contribution in [0, 0.1) is 6.92 Å². The number of nitrogens with one attached hydrogen (secondary N) is 1. The molecular formula is C16H21N5O3S2. The first-order valence-electron chi connectivity index (χ1n) is 8.18. The molecule has 0 aromatic carbocycles. The molecule has 0 unspecified atom stereocenters. The number of pyridine rings is 1. The fraction of sp³-hybridized carbons (Fsp3) is 0.438. The largest absolute Gasteiger partial charge is 0.340 e. The summed E-state index contributed by atoms with van der Waals surface area (Å²) < 4.78 is 24.5. The van der Waals surface area contributed by atoms with Gasteiger partial charge in [-0.1, -0.05) is 0 Å². The number of thiazole rings is 1. The Morgan fingerprint density at radius 2 is 2.04 bits per heavy atom. The van der Waals surface area contributed by atoms with Gasteiger partial charge in [0.1, 0.15) is 5.82 Å². The summed E-state index contributed by atoms with van der Waals surface area (Å²) in [4.78, 5) is 22.8. The van der Waals surface area contributed by atoms with Gasteiger partial charge in [-0.15, -0.1) is 11.3 Å². The summed E-state index contributed by atoms with van der Waals surface area (Å²) in [5.41, 5.74) is 1.79. The van der Waals surface area contributed by atoms with E-state index in [1.165, 1.54) is 21.9 Å². The molecule has 0 bridgehead atoms. The lowest BCUT2D eigenvalue weighted by Crippen LogP contribution is -2.50. The molecule has 0 spiro atoms. The van der Waals surface area contributed by atoms with Gasteiger partial charge >= 0.3 is 0 Å². The Hall–Kier alpha value is -2.04. The highest BCUT2D eigenvalue weighted by Gasteiger charge is 2.26. The highest BCUT2D eigenvalue weighted by Crippen LogP contribution is 2.21. The first kappa shape index (κ1) is 18.7. The quantitative estimate of drug-likeness (QED) is 0.818. The second-order valence-corrected chi connectivity index (χ2v) is 9.05. The number of carbonyl (C=O) groups is 1. The molecule has 1 fully saturated rings. The second kappa shape index (κ2) is 7.68. The van der Waals surface area contributed by atoms with Crippen molar-refractivity contribution in [2.45, 2.75) is 13.3 Å². The van der Waals surface area contributed by atoms with Gasteiger partial charge in [-0.25, -0.2) is 18.4 Å². The molecule has 2 aromatic heterocycles. The van der Waals surface area contributed by atoms with Crippen LogP contribution in [0.4, 0.5) is 10.9 Å². The number of aromatic nitrogens is 2. The minimum absolute atomic E-state index is 0.0383. The van der Waals surface area contributed by atoms with Crippen molar-refractivity contribution < 1.29 is 13.2 Å². The molecule has 26 heavy (non-hydrogen) atoms. The van der Waals surface area contributed by atoms with Crippen LogP contribution in [0.25, 0.3) is 0 Å². The maximum atomic E-state index is 12.4. The number of carbonyl (C=O) groups excluding carboxylic acids is 1. The van der Waals surface area contributed by atoms with E-state index in [0.717, 1.165) is 5.56 Å². The number of anilines is 2. The first-order valence-corrected chi connectivity index (χ1v) is 10.9. The highest BCUT2D eigenvalue weighted by atomic mass is 32.2. The molecule has 0 atom stereocenters. The summed E-state index contributed by atoms with van der Waals surface area (Å²) in [6.45, 7) is 3.49. The number of nitrogens with zero attached hydrogens (tertiary/aromatic N) is 4. The van der Waals surface area contributed by atoms with Crippen molar-refractivity contribution in [3.8, 4) is 0 Å². The molecule has 0 radical (unpaired) electrons. The van der Waals surface area contributed by atoms with Crippen LogP contribution in [0.3, 0.4) is 0 Å². The Morgan fingerprint density at radius 1 is 1.31 bits per heavy atom. The lowest BCUT2D eigenvalue weighted by Gasteiger charge is -2.33. The van der Waals surface area contributed by atoms with Gasteiger partial charge in [-0.3, -0.25) is 4.79 Å². The summed E-state index contributed by atoms with van der Waals surface area (Å²) >= 11 is 1.42. The zero-order valence-electron chi connectivity index (χ0n) is 14.7. The number of sulfonamides is 1. The van der Waals surface area contributed by atoms with Gasteiger partial charge in [0.2, 0.25) is 15.9 Å². The van der Waals surface area contributed by atoms with Crippen LogP contribution in [0.2, 0.25) is 0 Å². The predicted molar refractivity (Wildman–Crippen MR) is 101 cm³/mol. The Kier molecular flexibility index (Phi) is 5.54. The number of aryl methyl sites for hydroxylation is 1. The van der Waals surface area contributed by atoms with Crippen LogP contribution >= 0.6 is 11.3 Å². The highest BCUT2D eigenvalue weighted by molar-refractivity contribution is 7.88. The summed E-state index contributed by atoms with van der Waals surface area (Å²) in [6, 6.07) is 3.84. The van der Waals surface area contributed by atoms with Crippen molar-refractivity contribution in [2.24, 2.45) is 0 Å². The third-order valence-electron chi connectivity index (χ3n) is 4.09. The Balaban J connectivity index is 1.55. The van der Waals surface area contributed by atoms with Crippen molar-refractivity contribution >= 4 is 38.2 Å². The van der Waals surface area contributed by atoms with Crippen LogP contribution < -0.4 is 5.32 Å². The Labute approximate surface area is 156 Å². The lowest BCUT2D eigenvalue weighted by molar-refractivity contribution is -0.131. The monoisotopic (exact) mass is 395 g/mol. The average Bonchev–Trinajstić information content (AvgIpc) is 3.01. The fourth-order valence-corrected chi connectivity index (χ4v) is 4.24. The van der Waals surface area contributed by atoms with Crippen molar-refractivity contribution in [1.82, 2.24) is 19.2 Å². The van der Waals surface area contributed by atoms with E-state index in [9.17, 15) is 13.2 Å². The van der Waals surface area contributed by atoms with Crippen LogP contribution in [0.1, 0.15) is 11.3 Å². The minimum Gasteiger partial charge on any atom is -0.340 e. The molecule has 1 N–H and O–H groups in total. The smallest absolute Gasteiger partial charge is 0.228 e. The lowest BCUT2D eigenvalue weighted by atomic mass is 10.2. The van der Waals surface area contributed by atoms with Gasteiger partial charge < -0.3 is 10.2 Å². The number of amides is 1. The van der Waals surface area contributed by atoms with Gasteiger partial charge in [0.05, 0.1) is 18.4 Å². The van der Waals surface area contributed by atoms with Crippen molar-refractivity contribution in [3.63, 3.8) is 0 Å². The molecule has 2 aromatic rings. The van der Waals surface area contributed by atoms with Gasteiger partial charge in [0.25, 0.3) is 0 Å². The van der Waals surface area contributed by atoms with Gasteiger partial charge in [0.15, 0.2) is 5.13 Å². The predicted octanol–water partition coefficient (Wildman–Crippen LogP) is 1.24. The average molecular weight is 396 g/mol. The SMILES string of the molecule is Cc1ccnc(Nc2nc(CC(=O)N3CCN(S(C)(=O)=O)CC3)cs2)c1. The van der Waals surface area contributed by atoms with Gasteiger partial charge in [0, 0.05) is 37.8 Å². The molecule has 0 saturated carbocycles. The molecule has 1 saturated heterocycles. The summed E-state index contributed by atoms with van der Waals surface area (Å²) in [5.74, 6) is 0.679. The van der Waals surface area contributed by atoms with Crippen LogP contribution in [0.5, 0.6) is 0 Å². The van der Waals surface area contributed by atoms with E-state index in [-0.39, 0.29) is 12.3 Å². The second-order valence-electron chi connectivity index (χ2n) is 6.21. The normalized spacial score (nSPS) is 15.8. The molecule has 1 aliphatic heterocycles. The van der Waals surface area contributed by atoms with E-state index in [2.05, 4.69) is 15.3 Å². The van der Waals surface area contributed by atoms with Crippen molar-refractivity contribution in [3.05, 3.63) is 35.0 Å². The zero-order valence-corrected chi connectivity index (χ0v) is 16.3. The van der Waals surface area contributed by atoms with E-state index in [4.69, 9.17) is 0 Å². The van der Waals surface area contributed by atoms with Crippen LogP contribution in [-0.2, 0) is 21.2 Å². The number of hydrogen-bond donors (Lipinski definition) is 1. The number of rotatable bonds is 5. The third-order valence-corrected chi connectivity index (χ3v) is 6.20. The van der Waals surface area contributed by atoms with Crippen molar-refractivity contribution in [2.75, 3.05) is 37.8 Å². The van der Waals surface area contributed by atoms with E-state index >= 15 is 0 Å².